The molecule has 0 spiro atoms. The lowest BCUT2D eigenvalue weighted by atomic mass is 10.1. The second-order valence-electron chi connectivity index (χ2n) is 6.22. The molecule has 0 saturated carbocycles. The summed E-state index contributed by atoms with van der Waals surface area (Å²) in [5.74, 6) is 1.60. The standard InChI is InChI=1S/C21H22N2O2/c1-14-13-15(2)22-16(3)21(14)23-20(24)12-10-18-9-11-19(25-18)17-7-5-4-6-8-17/h4-9,11,13H,10,12H2,1-3H3,(H,23,24). The van der Waals surface area contributed by atoms with E-state index in [2.05, 4.69) is 10.3 Å². The van der Waals surface area contributed by atoms with Crippen LogP contribution in [0.2, 0.25) is 0 Å². The van der Waals surface area contributed by atoms with Crippen molar-refractivity contribution in [2.45, 2.75) is 33.6 Å². The first-order valence-electron chi connectivity index (χ1n) is 8.42. The van der Waals surface area contributed by atoms with E-state index in [1.807, 2.05) is 69.3 Å². The zero-order chi connectivity index (χ0) is 17.8. The Hall–Kier alpha value is -2.88. The van der Waals surface area contributed by atoms with Crippen LogP contribution in [-0.4, -0.2) is 10.9 Å². The fraction of sp³-hybridized carbons (Fsp3) is 0.238. The van der Waals surface area contributed by atoms with Gasteiger partial charge in [0.15, 0.2) is 0 Å². The number of aromatic nitrogens is 1. The number of amides is 1. The van der Waals surface area contributed by atoms with Crippen molar-refractivity contribution >= 4 is 11.6 Å². The SMILES string of the molecule is Cc1cc(C)c(NC(=O)CCc2ccc(-c3ccccc3)o2)c(C)n1. The molecule has 0 aliphatic heterocycles. The molecule has 0 fully saturated rings. The van der Waals surface area contributed by atoms with E-state index >= 15 is 0 Å². The number of carbonyl (C=O) groups excluding carboxylic acids is 1. The largest absolute Gasteiger partial charge is 0.461 e. The Bertz CT molecular complexity index is 859. The van der Waals surface area contributed by atoms with Gasteiger partial charge in [-0.1, -0.05) is 30.3 Å². The van der Waals surface area contributed by atoms with Gasteiger partial charge in [0, 0.05) is 24.1 Å². The molecular formula is C21H22N2O2. The van der Waals surface area contributed by atoms with Gasteiger partial charge in [-0.05, 0) is 44.5 Å². The van der Waals surface area contributed by atoms with Crippen LogP contribution in [0, 0.1) is 20.8 Å². The van der Waals surface area contributed by atoms with E-state index in [1.54, 1.807) is 0 Å². The molecule has 0 aliphatic rings. The van der Waals surface area contributed by atoms with Crippen LogP contribution < -0.4 is 5.32 Å². The summed E-state index contributed by atoms with van der Waals surface area (Å²) in [6.45, 7) is 5.84. The number of anilines is 1. The van der Waals surface area contributed by atoms with Gasteiger partial charge in [0.2, 0.25) is 5.91 Å². The average Bonchev–Trinajstić information content (AvgIpc) is 3.06. The van der Waals surface area contributed by atoms with Gasteiger partial charge in [0.25, 0.3) is 0 Å². The lowest BCUT2D eigenvalue weighted by Crippen LogP contribution is -2.14. The molecule has 2 heterocycles. The van der Waals surface area contributed by atoms with Crippen LogP contribution >= 0.6 is 0 Å². The van der Waals surface area contributed by atoms with Gasteiger partial charge in [-0.2, -0.15) is 0 Å². The van der Waals surface area contributed by atoms with E-state index in [0.29, 0.717) is 12.8 Å². The normalized spacial score (nSPS) is 10.7. The van der Waals surface area contributed by atoms with Crippen LogP contribution in [0.5, 0.6) is 0 Å². The first-order valence-corrected chi connectivity index (χ1v) is 8.42. The van der Waals surface area contributed by atoms with Crippen LogP contribution in [-0.2, 0) is 11.2 Å². The summed E-state index contributed by atoms with van der Waals surface area (Å²) in [6, 6.07) is 15.8. The number of carbonyl (C=O) groups is 1. The van der Waals surface area contributed by atoms with E-state index in [-0.39, 0.29) is 5.91 Å². The van der Waals surface area contributed by atoms with E-state index < -0.39 is 0 Å². The van der Waals surface area contributed by atoms with Crippen LogP contribution in [0.3, 0.4) is 0 Å². The number of pyridine rings is 1. The highest BCUT2D eigenvalue weighted by molar-refractivity contribution is 5.92. The van der Waals surface area contributed by atoms with E-state index in [9.17, 15) is 4.79 Å². The summed E-state index contributed by atoms with van der Waals surface area (Å²) in [5.41, 5.74) is 4.67. The number of rotatable bonds is 5. The quantitative estimate of drug-likeness (QED) is 0.726. The van der Waals surface area contributed by atoms with Crippen molar-refractivity contribution in [2.75, 3.05) is 5.32 Å². The number of furan rings is 1. The molecule has 1 N–H and O–H groups in total. The van der Waals surface area contributed by atoms with E-state index in [0.717, 1.165) is 39.7 Å². The molecule has 0 bridgehead atoms. The number of benzene rings is 1. The maximum Gasteiger partial charge on any atom is 0.224 e. The predicted molar refractivity (Wildman–Crippen MR) is 99.5 cm³/mol. The van der Waals surface area contributed by atoms with E-state index in [4.69, 9.17) is 4.42 Å². The van der Waals surface area contributed by atoms with Gasteiger partial charge in [0.05, 0.1) is 11.4 Å². The third kappa shape index (κ3) is 4.15. The summed E-state index contributed by atoms with van der Waals surface area (Å²) in [4.78, 5) is 16.7. The summed E-state index contributed by atoms with van der Waals surface area (Å²) in [6.07, 6.45) is 0.935. The van der Waals surface area contributed by atoms with Crippen LogP contribution in [0.4, 0.5) is 5.69 Å². The molecule has 1 aromatic carbocycles. The molecule has 4 nitrogen and oxygen atoms in total. The Morgan fingerprint density at radius 1 is 1.08 bits per heavy atom. The van der Waals surface area contributed by atoms with Crippen molar-refractivity contribution in [2.24, 2.45) is 0 Å². The minimum atomic E-state index is -0.0329. The van der Waals surface area contributed by atoms with Gasteiger partial charge in [-0.3, -0.25) is 9.78 Å². The van der Waals surface area contributed by atoms with Crippen LogP contribution in [0.15, 0.2) is 52.9 Å². The topological polar surface area (TPSA) is 55.1 Å². The summed E-state index contributed by atoms with van der Waals surface area (Å²) in [7, 11) is 0. The second-order valence-corrected chi connectivity index (χ2v) is 6.22. The Morgan fingerprint density at radius 2 is 1.84 bits per heavy atom. The van der Waals surface area contributed by atoms with Crippen molar-refractivity contribution in [3.8, 4) is 11.3 Å². The minimum Gasteiger partial charge on any atom is -0.461 e. The highest BCUT2D eigenvalue weighted by atomic mass is 16.3. The Labute approximate surface area is 147 Å². The van der Waals surface area contributed by atoms with Crippen molar-refractivity contribution in [1.82, 2.24) is 4.98 Å². The molecule has 0 radical (unpaired) electrons. The molecule has 0 saturated heterocycles. The molecule has 0 unspecified atom stereocenters. The number of hydrogen-bond donors (Lipinski definition) is 1. The summed E-state index contributed by atoms with van der Waals surface area (Å²) >= 11 is 0. The molecular weight excluding hydrogens is 312 g/mol. The molecule has 0 atom stereocenters. The van der Waals surface area contributed by atoms with Crippen molar-refractivity contribution in [3.05, 3.63) is 71.2 Å². The monoisotopic (exact) mass is 334 g/mol. The smallest absolute Gasteiger partial charge is 0.224 e. The number of nitrogens with one attached hydrogen (secondary N) is 1. The third-order valence-corrected chi connectivity index (χ3v) is 4.11. The maximum absolute atomic E-state index is 12.3. The van der Waals surface area contributed by atoms with Crippen molar-refractivity contribution in [3.63, 3.8) is 0 Å². The zero-order valence-corrected chi connectivity index (χ0v) is 14.8. The summed E-state index contributed by atoms with van der Waals surface area (Å²) in [5, 5.41) is 2.97. The first-order chi connectivity index (χ1) is 12.0. The minimum absolute atomic E-state index is 0.0329. The fourth-order valence-electron chi connectivity index (χ4n) is 2.92. The Morgan fingerprint density at radius 3 is 2.56 bits per heavy atom. The zero-order valence-electron chi connectivity index (χ0n) is 14.8. The molecule has 128 valence electrons. The molecule has 3 rings (SSSR count). The highest BCUT2D eigenvalue weighted by Gasteiger charge is 2.11. The van der Waals surface area contributed by atoms with Gasteiger partial charge in [-0.25, -0.2) is 0 Å². The lowest BCUT2D eigenvalue weighted by Gasteiger charge is -2.11. The van der Waals surface area contributed by atoms with Gasteiger partial charge >= 0.3 is 0 Å². The Balaban J connectivity index is 1.61. The van der Waals surface area contributed by atoms with Gasteiger partial charge in [-0.15, -0.1) is 0 Å². The van der Waals surface area contributed by atoms with E-state index in [1.165, 1.54) is 0 Å². The second kappa shape index (κ2) is 7.34. The highest BCUT2D eigenvalue weighted by Crippen LogP contribution is 2.23. The fourth-order valence-corrected chi connectivity index (χ4v) is 2.92. The average molecular weight is 334 g/mol. The van der Waals surface area contributed by atoms with Crippen LogP contribution in [0.1, 0.15) is 29.1 Å². The Kier molecular flexibility index (Phi) is 4.98. The van der Waals surface area contributed by atoms with Gasteiger partial charge in [0.1, 0.15) is 11.5 Å². The number of hydrogen-bond acceptors (Lipinski definition) is 3. The van der Waals surface area contributed by atoms with Crippen LogP contribution in [0.25, 0.3) is 11.3 Å². The lowest BCUT2D eigenvalue weighted by molar-refractivity contribution is -0.116. The predicted octanol–water partition coefficient (Wildman–Crippen LogP) is 4.84. The van der Waals surface area contributed by atoms with Gasteiger partial charge < -0.3 is 9.73 Å². The molecule has 1 amide bonds. The third-order valence-electron chi connectivity index (χ3n) is 4.11. The molecule has 0 aliphatic carbocycles. The molecule has 25 heavy (non-hydrogen) atoms. The summed E-state index contributed by atoms with van der Waals surface area (Å²) < 4.78 is 5.84. The number of nitrogens with zero attached hydrogens (tertiary/aromatic N) is 1. The first kappa shape index (κ1) is 17.0. The maximum atomic E-state index is 12.3. The number of aryl methyl sites for hydroxylation is 4. The molecule has 2 aromatic heterocycles. The molecule has 3 aromatic rings. The van der Waals surface area contributed by atoms with Crippen molar-refractivity contribution < 1.29 is 9.21 Å². The molecule has 4 heteroatoms. The van der Waals surface area contributed by atoms with Crippen molar-refractivity contribution in [1.29, 1.82) is 0 Å².